The molecule has 38 heavy (non-hydrogen) atoms. The molecular weight excluding hydrogens is 460 g/mol. The van der Waals surface area contributed by atoms with Crippen LogP contribution in [0.15, 0.2) is 146 Å². The maximum absolute atomic E-state index is 2.42. The van der Waals surface area contributed by atoms with Gasteiger partial charge in [-0.3, -0.25) is 0 Å². The fraction of sp³-hybridized carbons (Fsp3) is 0. The van der Waals surface area contributed by atoms with Gasteiger partial charge in [0.2, 0.25) is 0 Å². The number of aromatic nitrogens is 2. The molecule has 0 spiro atoms. The lowest BCUT2D eigenvalue weighted by Gasteiger charge is -2.12. The van der Waals surface area contributed by atoms with Gasteiger partial charge in [-0.1, -0.05) is 91.0 Å². The van der Waals surface area contributed by atoms with Crippen molar-refractivity contribution in [1.29, 1.82) is 0 Å². The zero-order valence-electron chi connectivity index (χ0n) is 20.8. The van der Waals surface area contributed by atoms with Crippen molar-refractivity contribution in [3.05, 3.63) is 146 Å². The van der Waals surface area contributed by atoms with Gasteiger partial charge in [0.05, 0.1) is 16.6 Å². The summed E-state index contributed by atoms with van der Waals surface area (Å²) in [7, 11) is 0. The molecule has 6 aromatic carbocycles. The first-order valence-corrected chi connectivity index (χ1v) is 13.0. The Kier molecular flexibility index (Phi) is 4.55. The minimum Gasteiger partial charge on any atom is -0.317 e. The van der Waals surface area contributed by atoms with E-state index in [4.69, 9.17) is 0 Å². The molecule has 2 nitrogen and oxygen atoms in total. The summed E-state index contributed by atoms with van der Waals surface area (Å²) < 4.78 is 4.73. The van der Waals surface area contributed by atoms with E-state index in [-0.39, 0.29) is 0 Å². The predicted octanol–water partition coefficient (Wildman–Crippen LogP) is 9.55. The van der Waals surface area contributed by atoms with Crippen molar-refractivity contribution in [2.75, 3.05) is 0 Å². The van der Waals surface area contributed by atoms with Crippen molar-refractivity contribution in [3.8, 4) is 22.5 Å². The molecule has 0 saturated heterocycles. The third-order valence-electron chi connectivity index (χ3n) is 7.71. The fourth-order valence-corrected chi connectivity index (χ4v) is 5.95. The van der Waals surface area contributed by atoms with Crippen molar-refractivity contribution in [2.45, 2.75) is 0 Å². The van der Waals surface area contributed by atoms with E-state index in [0.29, 0.717) is 0 Å². The van der Waals surface area contributed by atoms with Crippen LogP contribution >= 0.6 is 0 Å². The van der Waals surface area contributed by atoms with Crippen LogP contribution in [0.1, 0.15) is 0 Å². The lowest BCUT2D eigenvalue weighted by Crippen LogP contribution is -1.95. The van der Waals surface area contributed by atoms with Gasteiger partial charge in [-0.15, -0.1) is 0 Å². The van der Waals surface area contributed by atoms with Crippen molar-refractivity contribution >= 4 is 43.5 Å². The Balaban J connectivity index is 1.43. The standard InChI is InChI=1S/C36H24N2/c1-3-10-25(11-4-1)26-12-9-15-30(23-26)37-21-20-28-22-27-18-19-32-31-16-7-8-17-34(31)38(29-13-5-2-6-14-29)36(32)33(27)24-35(28)37/h1-24H. The molecule has 0 N–H and O–H groups in total. The van der Waals surface area contributed by atoms with E-state index < -0.39 is 0 Å². The number of para-hydroxylation sites is 2. The topological polar surface area (TPSA) is 9.86 Å². The first kappa shape index (κ1) is 21.0. The monoisotopic (exact) mass is 484 g/mol. The summed E-state index contributed by atoms with van der Waals surface area (Å²) in [4.78, 5) is 0. The van der Waals surface area contributed by atoms with E-state index in [1.54, 1.807) is 0 Å². The zero-order valence-corrected chi connectivity index (χ0v) is 20.8. The molecule has 0 amide bonds. The summed E-state index contributed by atoms with van der Waals surface area (Å²) >= 11 is 0. The van der Waals surface area contributed by atoms with Crippen LogP contribution in [0.3, 0.4) is 0 Å². The van der Waals surface area contributed by atoms with Crippen molar-refractivity contribution in [3.63, 3.8) is 0 Å². The van der Waals surface area contributed by atoms with Gasteiger partial charge < -0.3 is 9.13 Å². The summed E-state index contributed by atoms with van der Waals surface area (Å²) in [6, 6.07) is 50.3. The van der Waals surface area contributed by atoms with Crippen LogP contribution in [0.4, 0.5) is 0 Å². The highest BCUT2D eigenvalue weighted by atomic mass is 15.0. The predicted molar refractivity (Wildman–Crippen MR) is 161 cm³/mol. The highest BCUT2D eigenvalue weighted by molar-refractivity contribution is 6.20. The minimum absolute atomic E-state index is 1.16. The maximum atomic E-state index is 2.42. The fourth-order valence-electron chi connectivity index (χ4n) is 5.95. The highest BCUT2D eigenvalue weighted by Gasteiger charge is 2.16. The van der Waals surface area contributed by atoms with Crippen LogP contribution in [0.25, 0.3) is 66.0 Å². The second-order valence-corrected chi connectivity index (χ2v) is 9.88. The Hall–Kier alpha value is -5.08. The molecule has 0 bridgehead atoms. The Morgan fingerprint density at radius 1 is 0.395 bits per heavy atom. The molecule has 2 heterocycles. The molecular formula is C36H24N2. The van der Waals surface area contributed by atoms with Crippen molar-refractivity contribution in [2.24, 2.45) is 0 Å². The van der Waals surface area contributed by atoms with Crippen molar-refractivity contribution < 1.29 is 0 Å². The third kappa shape index (κ3) is 3.14. The van der Waals surface area contributed by atoms with Crippen LogP contribution in [-0.2, 0) is 0 Å². The molecule has 0 aliphatic heterocycles. The van der Waals surface area contributed by atoms with Gasteiger partial charge in [0.15, 0.2) is 0 Å². The Morgan fingerprint density at radius 3 is 2.00 bits per heavy atom. The largest absolute Gasteiger partial charge is 0.317 e. The highest BCUT2D eigenvalue weighted by Crippen LogP contribution is 2.38. The van der Waals surface area contributed by atoms with Gasteiger partial charge in [0.1, 0.15) is 0 Å². The summed E-state index contributed by atoms with van der Waals surface area (Å²) in [5.41, 5.74) is 8.48. The van der Waals surface area contributed by atoms with E-state index in [0.717, 1.165) is 5.69 Å². The molecule has 8 aromatic rings. The molecule has 0 fully saturated rings. The van der Waals surface area contributed by atoms with Crippen LogP contribution in [0.5, 0.6) is 0 Å². The Morgan fingerprint density at radius 2 is 1.13 bits per heavy atom. The van der Waals surface area contributed by atoms with Crippen LogP contribution in [0.2, 0.25) is 0 Å². The molecule has 0 atom stereocenters. The summed E-state index contributed by atoms with van der Waals surface area (Å²) in [5, 5.41) is 6.30. The number of nitrogens with zero attached hydrogens (tertiary/aromatic N) is 2. The molecule has 2 heteroatoms. The van der Waals surface area contributed by atoms with Crippen LogP contribution < -0.4 is 0 Å². The number of rotatable bonds is 3. The second-order valence-electron chi connectivity index (χ2n) is 9.88. The number of hydrogen-bond acceptors (Lipinski definition) is 0. The number of hydrogen-bond donors (Lipinski definition) is 0. The molecule has 178 valence electrons. The first-order chi connectivity index (χ1) is 18.8. The smallest absolute Gasteiger partial charge is 0.0620 e. The molecule has 0 aliphatic rings. The lowest BCUT2D eigenvalue weighted by atomic mass is 10.0. The zero-order chi connectivity index (χ0) is 25.1. The van der Waals surface area contributed by atoms with E-state index in [9.17, 15) is 0 Å². The quantitative estimate of drug-likeness (QED) is 0.236. The second kappa shape index (κ2) is 8.22. The molecule has 2 aromatic heterocycles. The Labute approximate surface area is 220 Å². The van der Waals surface area contributed by atoms with E-state index in [2.05, 4.69) is 155 Å². The van der Waals surface area contributed by atoms with Gasteiger partial charge in [-0.05, 0) is 65.0 Å². The van der Waals surface area contributed by atoms with Gasteiger partial charge >= 0.3 is 0 Å². The normalized spacial score (nSPS) is 11.7. The summed E-state index contributed by atoms with van der Waals surface area (Å²) in [5.74, 6) is 0. The van der Waals surface area contributed by atoms with Gasteiger partial charge in [-0.25, -0.2) is 0 Å². The summed E-state index contributed by atoms with van der Waals surface area (Å²) in [6.45, 7) is 0. The first-order valence-electron chi connectivity index (χ1n) is 13.0. The van der Waals surface area contributed by atoms with E-state index >= 15 is 0 Å². The van der Waals surface area contributed by atoms with Crippen LogP contribution in [0, 0.1) is 0 Å². The minimum atomic E-state index is 1.16. The molecule has 0 aliphatic carbocycles. The maximum Gasteiger partial charge on any atom is 0.0620 e. The van der Waals surface area contributed by atoms with Gasteiger partial charge in [0, 0.05) is 39.1 Å². The van der Waals surface area contributed by atoms with Gasteiger partial charge in [-0.2, -0.15) is 0 Å². The molecule has 0 unspecified atom stereocenters. The van der Waals surface area contributed by atoms with Crippen molar-refractivity contribution in [1.82, 2.24) is 9.13 Å². The average molecular weight is 485 g/mol. The SMILES string of the molecule is c1ccc(-c2cccc(-n3ccc4cc5ccc6c7ccccc7n(-c7ccccc7)c6c5cc43)c2)cc1. The molecule has 8 rings (SSSR count). The summed E-state index contributed by atoms with van der Waals surface area (Å²) in [6.07, 6.45) is 2.19. The van der Waals surface area contributed by atoms with Gasteiger partial charge in [0.25, 0.3) is 0 Å². The average Bonchev–Trinajstić information content (AvgIpc) is 3.56. The lowest BCUT2D eigenvalue weighted by molar-refractivity contribution is 1.13. The molecule has 0 saturated carbocycles. The third-order valence-corrected chi connectivity index (χ3v) is 7.71. The Bertz CT molecular complexity index is 2110. The number of benzene rings is 6. The van der Waals surface area contributed by atoms with E-state index in [1.165, 1.54) is 60.3 Å². The number of fused-ring (bicyclic) bond motifs is 6. The van der Waals surface area contributed by atoms with Crippen LogP contribution in [-0.4, -0.2) is 9.13 Å². The molecule has 0 radical (unpaired) electrons. The van der Waals surface area contributed by atoms with E-state index in [1.807, 2.05) is 0 Å².